The van der Waals surface area contributed by atoms with E-state index in [0.717, 1.165) is 28.8 Å². The number of thiophene rings is 1. The number of carboxylic acid groups (broad SMARTS) is 1. The molecule has 1 heterocycles. The van der Waals surface area contributed by atoms with Crippen LogP contribution in [0.2, 0.25) is 0 Å². The van der Waals surface area contributed by atoms with Crippen LogP contribution in [-0.4, -0.2) is 29.6 Å². The molecule has 3 rings (SSSR count). The van der Waals surface area contributed by atoms with Gasteiger partial charge in [0, 0.05) is 10.4 Å². The lowest BCUT2D eigenvalue weighted by Gasteiger charge is -2.27. The fourth-order valence-corrected chi connectivity index (χ4v) is 5.06. The molecule has 1 fully saturated rings. The molecule has 0 radical (unpaired) electrons. The molecule has 1 aromatic heterocycles. The van der Waals surface area contributed by atoms with Crippen molar-refractivity contribution < 1.29 is 24.2 Å². The van der Waals surface area contributed by atoms with E-state index in [0.29, 0.717) is 36.4 Å². The largest absolute Gasteiger partial charge is 0.481 e. The number of aliphatic carboxylic acids is 1. The molecule has 160 valence electrons. The number of hydrogen-bond acceptors (Lipinski definition) is 5. The summed E-state index contributed by atoms with van der Waals surface area (Å²) in [5.74, 6) is -3.05. The molecule has 0 saturated heterocycles. The topological polar surface area (TPSA) is 92.7 Å². The molecule has 1 aliphatic rings. The van der Waals surface area contributed by atoms with Crippen LogP contribution in [0.3, 0.4) is 0 Å². The van der Waals surface area contributed by atoms with E-state index in [2.05, 4.69) is 5.32 Å². The van der Waals surface area contributed by atoms with E-state index in [1.54, 1.807) is 0 Å². The van der Waals surface area contributed by atoms with Gasteiger partial charge in [-0.1, -0.05) is 50.1 Å². The number of carboxylic acids is 1. The molecule has 2 atom stereocenters. The first-order valence-corrected chi connectivity index (χ1v) is 11.1. The summed E-state index contributed by atoms with van der Waals surface area (Å²) in [5.41, 5.74) is 1.96. The molecule has 0 unspecified atom stereocenters. The van der Waals surface area contributed by atoms with Gasteiger partial charge in [-0.15, -0.1) is 11.3 Å². The highest BCUT2D eigenvalue weighted by atomic mass is 32.1. The number of amides is 1. The summed E-state index contributed by atoms with van der Waals surface area (Å²) in [6, 6.07) is 9.52. The smallest absolute Gasteiger partial charge is 0.341 e. The van der Waals surface area contributed by atoms with Crippen LogP contribution in [0.15, 0.2) is 30.3 Å². The lowest BCUT2D eigenvalue weighted by molar-refractivity contribution is -0.147. The van der Waals surface area contributed by atoms with E-state index in [4.69, 9.17) is 4.74 Å². The molecule has 7 heteroatoms. The van der Waals surface area contributed by atoms with Crippen molar-refractivity contribution in [3.05, 3.63) is 40.8 Å². The Bertz CT molecular complexity index is 921. The fourth-order valence-electron chi connectivity index (χ4n) is 3.99. The number of carbonyl (C=O) groups excluding carboxylic acids is 2. The Kier molecular flexibility index (Phi) is 7.26. The zero-order valence-corrected chi connectivity index (χ0v) is 18.1. The van der Waals surface area contributed by atoms with E-state index in [1.807, 2.05) is 44.2 Å². The monoisotopic (exact) mass is 429 g/mol. The standard InChI is InChI=1S/C23H27NO5S/c1-3-13-29-23(28)19-18(15-9-5-4-6-10-15)14(2)30-21(19)24-20(25)16-11-7-8-12-17(16)22(26)27/h4-6,9-10,16-17H,3,7-8,11-13H2,1-2H3,(H,24,25)(H,26,27)/t16-,17-/m1/s1. The maximum absolute atomic E-state index is 13.0. The third kappa shape index (κ3) is 4.73. The summed E-state index contributed by atoms with van der Waals surface area (Å²) < 4.78 is 5.40. The van der Waals surface area contributed by atoms with Crippen molar-refractivity contribution in [2.45, 2.75) is 46.0 Å². The van der Waals surface area contributed by atoms with Crippen LogP contribution in [-0.2, 0) is 14.3 Å². The minimum atomic E-state index is -0.940. The Morgan fingerprint density at radius 2 is 1.80 bits per heavy atom. The number of ether oxygens (including phenoxy) is 1. The molecular weight excluding hydrogens is 402 g/mol. The van der Waals surface area contributed by atoms with Crippen LogP contribution in [0, 0.1) is 18.8 Å². The molecule has 1 saturated carbocycles. The summed E-state index contributed by atoms with van der Waals surface area (Å²) >= 11 is 1.32. The Balaban J connectivity index is 1.96. The minimum Gasteiger partial charge on any atom is -0.481 e. The number of nitrogens with one attached hydrogen (secondary N) is 1. The third-order valence-corrected chi connectivity index (χ3v) is 6.47. The Hall–Kier alpha value is -2.67. The lowest BCUT2D eigenvalue weighted by Crippen LogP contribution is -2.36. The average Bonchev–Trinajstić information content (AvgIpc) is 3.08. The summed E-state index contributed by atoms with van der Waals surface area (Å²) in [5, 5.41) is 12.8. The first-order valence-electron chi connectivity index (χ1n) is 10.3. The van der Waals surface area contributed by atoms with E-state index < -0.39 is 23.8 Å². The van der Waals surface area contributed by atoms with Gasteiger partial charge < -0.3 is 15.2 Å². The van der Waals surface area contributed by atoms with Gasteiger partial charge >= 0.3 is 11.9 Å². The Morgan fingerprint density at radius 3 is 2.43 bits per heavy atom. The predicted molar refractivity (Wildman–Crippen MR) is 117 cm³/mol. The van der Waals surface area contributed by atoms with Gasteiger partial charge in [-0.3, -0.25) is 9.59 Å². The molecule has 1 aromatic carbocycles. The van der Waals surface area contributed by atoms with Gasteiger partial charge in [0.2, 0.25) is 5.91 Å². The molecule has 0 bridgehead atoms. The van der Waals surface area contributed by atoms with Gasteiger partial charge in [-0.05, 0) is 31.7 Å². The van der Waals surface area contributed by atoms with E-state index in [1.165, 1.54) is 11.3 Å². The highest BCUT2D eigenvalue weighted by molar-refractivity contribution is 7.17. The second-order valence-electron chi connectivity index (χ2n) is 7.56. The maximum atomic E-state index is 13.0. The summed E-state index contributed by atoms with van der Waals surface area (Å²) in [6.07, 6.45) is 3.36. The number of carbonyl (C=O) groups is 3. The van der Waals surface area contributed by atoms with Crippen LogP contribution in [0.5, 0.6) is 0 Å². The highest BCUT2D eigenvalue weighted by Crippen LogP contribution is 2.41. The molecule has 1 aliphatic carbocycles. The van der Waals surface area contributed by atoms with E-state index >= 15 is 0 Å². The second-order valence-corrected chi connectivity index (χ2v) is 8.79. The Labute approximate surface area is 180 Å². The predicted octanol–water partition coefficient (Wildman–Crippen LogP) is 5.12. The molecule has 6 nitrogen and oxygen atoms in total. The van der Waals surface area contributed by atoms with Gasteiger partial charge in [0.15, 0.2) is 0 Å². The van der Waals surface area contributed by atoms with Crippen molar-refractivity contribution in [2.75, 3.05) is 11.9 Å². The summed E-state index contributed by atoms with van der Waals surface area (Å²) in [4.78, 5) is 38.4. The van der Waals surface area contributed by atoms with E-state index in [9.17, 15) is 19.5 Å². The first-order chi connectivity index (χ1) is 14.4. The van der Waals surface area contributed by atoms with Crippen molar-refractivity contribution in [1.29, 1.82) is 0 Å². The second kappa shape index (κ2) is 9.89. The van der Waals surface area contributed by atoms with Crippen molar-refractivity contribution >= 4 is 34.2 Å². The Morgan fingerprint density at radius 1 is 1.13 bits per heavy atom. The quantitative estimate of drug-likeness (QED) is 0.596. The zero-order valence-electron chi connectivity index (χ0n) is 17.3. The van der Waals surface area contributed by atoms with Crippen LogP contribution in [0.1, 0.15) is 54.3 Å². The molecule has 2 N–H and O–H groups in total. The molecule has 0 spiro atoms. The van der Waals surface area contributed by atoms with Gasteiger partial charge in [0.05, 0.1) is 18.4 Å². The SMILES string of the molecule is CCCOC(=O)c1c(NC(=O)[C@@H]2CCCC[C@H]2C(=O)O)sc(C)c1-c1ccccc1. The average molecular weight is 430 g/mol. The maximum Gasteiger partial charge on any atom is 0.341 e. The number of anilines is 1. The zero-order chi connectivity index (χ0) is 21.7. The third-order valence-electron chi connectivity index (χ3n) is 5.44. The summed E-state index contributed by atoms with van der Waals surface area (Å²) in [6.45, 7) is 4.11. The van der Waals surface area contributed by atoms with Gasteiger partial charge in [0.25, 0.3) is 0 Å². The van der Waals surface area contributed by atoms with Gasteiger partial charge in [-0.2, -0.15) is 0 Å². The highest BCUT2D eigenvalue weighted by Gasteiger charge is 2.37. The number of esters is 1. The normalized spacial score (nSPS) is 18.6. The minimum absolute atomic E-state index is 0.291. The molecule has 0 aliphatic heterocycles. The van der Waals surface area contributed by atoms with Crippen LogP contribution >= 0.6 is 11.3 Å². The molecule has 30 heavy (non-hydrogen) atoms. The number of benzene rings is 1. The molecule has 1 amide bonds. The fraction of sp³-hybridized carbons (Fsp3) is 0.435. The number of aryl methyl sites for hydroxylation is 1. The van der Waals surface area contributed by atoms with Crippen LogP contribution in [0.25, 0.3) is 11.1 Å². The van der Waals surface area contributed by atoms with Gasteiger partial charge in [0.1, 0.15) is 10.6 Å². The van der Waals surface area contributed by atoms with Crippen LogP contribution in [0.4, 0.5) is 5.00 Å². The van der Waals surface area contributed by atoms with Crippen molar-refractivity contribution in [1.82, 2.24) is 0 Å². The van der Waals surface area contributed by atoms with Crippen LogP contribution < -0.4 is 5.32 Å². The van der Waals surface area contributed by atoms with Crippen molar-refractivity contribution in [3.63, 3.8) is 0 Å². The lowest BCUT2D eigenvalue weighted by atomic mass is 9.78. The van der Waals surface area contributed by atoms with Crippen molar-refractivity contribution in [3.8, 4) is 11.1 Å². The summed E-state index contributed by atoms with van der Waals surface area (Å²) in [7, 11) is 0. The van der Waals surface area contributed by atoms with E-state index in [-0.39, 0.29) is 5.91 Å². The number of rotatable bonds is 7. The molecule has 2 aromatic rings. The molecular formula is C23H27NO5S. The first kappa shape index (κ1) is 22.0. The van der Waals surface area contributed by atoms with Gasteiger partial charge in [-0.25, -0.2) is 4.79 Å². The number of hydrogen-bond donors (Lipinski definition) is 2. The van der Waals surface area contributed by atoms with Crippen molar-refractivity contribution in [2.24, 2.45) is 11.8 Å².